The molecule has 1 saturated carbocycles. The van der Waals surface area contributed by atoms with E-state index < -0.39 is 36.9 Å². The summed E-state index contributed by atoms with van der Waals surface area (Å²) >= 11 is 0.852. The third-order valence-electron chi connectivity index (χ3n) is 5.97. The molecule has 1 aliphatic heterocycles. The molecule has 178 valence electrons. The maximum atomic E-state index is 13.0. The highest BCUT2D eigenvalue weighted by Crippen LogP contribution is 2.39. The summed E-state index contributed by atoms with van der Waals surface area (Å²) in [6.07, 6.45) is -1.16. The highest BCUT2D eigenvalue weighted by Gasteiger charge is 2.41. The lowest BCUT2D eigenvalue weighted by molar-refractivity contribution is -0.140. The number of ketones is 1. The molecule has 0 bridgehead atoms. The van der Waals surface area contributed by atoms with Gasteiger partial charge in [0.05, 0.1) is 12.0 Å². The van der Waals surface area contributed by atoms with E-state index in [4.69, 9.17) is 0 Å². The van der Waals surface area contributed by atoms with Crippen LogP contribution in [-0.4, -0.2) is 52.4 Å². The topological polar surface area (TPSA) is 103 Å². The summed E-state index contributed by atoms with van der Waals surface area (Å²) in [7, 11) is -1.70. The molecular weight excluding hydrogens is 446 g/mol. The van der Waals surface area contributed by atoms with Crippen LogP contribution in [0.2, 0.25) is 0 Å². The lowest BCUT2D eigenvalue weighted by Crippen LogP contribution is -2.54. The summed E-state index contributed by atoms with van der Waals surface area (Å²) in [5.41, 5.74) is -0.972. The number of alkyl halides is 3. The van der Waals surface area contributed by atoms with Crippen molar-refractivity contribution in [3.63, 3.8) is 0 Å². The van der Waals surface area contributed by atoms with Crippen molar-refractivity contribution >= 4 is 35.3 Å². The van der Waals surface area contributed by atoms with Crippen molar-refractivity contribution in [2.45, 2.75) is 70.5 Å². The van der Waals surface area contributed by atoms with Crippen LogP contribution in [0.4, 0.5) is 18.3 Å². The molecule has 1 aliphatic carbocycles. The van der Waals surface area contributed by atoms with Crippen molar-refractivity contribution in [1.82, 2.24) is 10.3 Å². The number of carbonyl (C=O) groups excluding carboxylic acids is 2. The Morgan fingerprint density at radius 1 is 1.31 bits per heavy atom. The van der Waals surface area contributed by atoms with Gasteiger partial charge in [-0.3, -0.25) is 9.59 Å². The SMILES string of the molecule is CC(C)CC(NC(=O)C(CC(=O)C1CCN1c1nc(C(F)(F)F)cs1)CC1CC1)B(O)O. The summed E-state index contributed by atoms with van der Waals surface area (Å²) in [4.78, 5) is 31.0. The molecule has 1 aromatic rings. The van der Waals surface area contributed by atoms with Crippen LogP contribution in [0.1, 0.15) is 58.1 Å². The maximum absolute atomic E-state index is 13.0. The van der Waals surface area contributed by atoms with Crippen LogP contribution in [0.15, 0.2) is 5.38 Å². The Hall–Kier alpha value is -1.66. The first kappa shape index (κ1) is 25.0. The Labute approximate surface area is 189 Å². The van der Waals surface area contributed by atoms with Gasteiger partial charge in [-0.25, -0.2) is 4.98 Å². The number of carbonyl (C=O) groups is 2. The second kappa shape index (κ2) is 10.1. The first-order valence-electron chi connectivity index (χ1n) is 10.9. The van der Waals surface area contributed by atoms with E-state index in [2.05, 4.69) is 10.3 Å². The van der Waals surface area contributed by atoms with E-state index in [1.54, 1.807) is 4.90 Å². The largest absolute Gasteiger partial charge is 0.475 e. The van der Waals surface area contributed by atoms with Crippen molar-refractivity contribution in [3.8, 4) is 0 Å². The molecule has 3 rings (SSSR count). The van der Waals surface area contributed by atoms with Crippen LogP contribution in [-0.2, 0) is 15.8 Å². The number of anilines is 1. The average Bonchev–Trinajstić information content (AvgIpc) is 3.32. The van der Waals surface area contributed by atoms with Gasteiger partial charge in [0.25, 0.3) is 0 Å². The fourth-order valence-corrected chi connectivity index (χ4v) is 4.87. The van der Waals surface area contributed by atoms with Crippen LogP contribution in [0.3, 0.4) is 0 Å². The van der Waals surface area contributed by atoms with Crippen LogP contribution in [0.5, 0.6) is 0 Å². The van der Waals surface area contributed by atoms with Crippen molar-refractivity contribution < 1.29 is 32.8 Å². The molecule has 3 unspecified atom stereocenters. The molecule has 32 heavy (non-hydrogen) atoms. The average molecular weight is 475 g/mol. The maximum Gasteiger partial charge on any atom is 0.475 e. The predicted octanol–water partition coefficient (Wildman–Crippen LogP) is 2.66. The number of nitrogens with zero attached hydrogens (tertiary/aromatic N) is 2. The number of hydrogen-bond acceptors (Lipinski definition) is 7. The van der Waals surface area contributed by atoms with E-state index >= 15 is 0 Å². The van der Waals surface area contributed by atoms with Crippen LogP contribution in [0.25, 0.3) is 0 Å². The van der Waals surface area contributed by atoms with Crippen molar-refractivity contribution in [2.75, 3.05) is 11.4 Å². The molecule has 0 spiro atoms. The lowest BCUT2D eigenvalue weighted by Gasteiger charge is -2.40. The van der Waals surface area contributed by atoms with Crippen molar-refractivity contribution in [2.24, 2.45) is 17.8 Å². The minimum atomic E-state index is -4.53. The van der Waals surface area contributed by atoms with E-state index in [1.165, 1.54) is 0 Å². The third-order valence-corrected chi connectivity index (χ3v) is 6.84. The number of rotatable bonds is 11. The van der Waals surface area contributed by atoms with Gasteiger partial charge >= 0.3 is 13.3 Å². The normalized spacial score (nSPS) is 20.6. The molecule has 2 heterocycles. The van der Waals surface area contributed by atoms with Crippen LogP contribution >= 0.6 is 11.3 Å². The number of nitrogens with one attached hydrogen (secondary N) is 1. The van der Waals surface area contributed by atoms with E-state index in [9.17, 15) is 32.8 Å². The van der Waals surface area contributed by atoms with Crippen LogP contribution in [0, 0.1) is 17.8 Å². The van der Waals surface area contributed by atoms with Crippen LogP contribution < -0.4 is 10.2 Å². The van der Waals surface area contributed by atoms with Crippen molar-refractivity contribution in [1.29, 1.82) is 0 Å². The summed E-state index contributed by atoms with van der Waals surface area (Å²) in [5, 5.41) is 23.0. The number of Topliss-reactive ketones (excluding diaryl/α,β-unsaturated/α-hetero) is 1. The van der Waals surface area contributed by atoms with Gasteiger partial charge in [0.2, 0.25) is 5.91 Å². The Balaban J connectivity index is 1.64. The minimum Gasteiger partial charge on any atom is -0.426 e. The third kappa shape index (κ3) is 6.45. The number of amides is 1. The first-order chi connectivity index (χ1) is 15.0. The molecule has 0 aromatic carbocycles. The molecule has 1 amide bonds. The van der Waals surface area contributed by atoms with Gasteiger partial charge < -0.3 is 20.3 Å². The Morgan fingerprint density at radius 2 is 2.00 bits per heavy atom. The van der Waals surface area contributed by atoms with E-state index in [-0.39, 0.29) is 29.2 Å². The molecule has 7 nitrogen and oxygen atoms in total. The summed E-state index contributed by atoms with van der Waals surface area (Å²) in [6.45, 7) is 4.25. The standard InChI is InChI=1S/C20H29BF3N3O4S/c1-11(2)7-17(21(30)31)26-18(29)13(8-12-3-4-12)9-15(28)14-5-6-27(14)19-25-16(10-32-19)20(22,23)24/h10-14,17,30-31H,3-9H2,1-2H3,(H,26,29). The second-order valence-electron chi connectivity index (χ2n) is 9.22. The quantitative estimate of drug-likeness (QED) is 0.426. The van der Waals surface area contributed by atoms with Gasteiger partial charge in [0.15, 0.2) is 16.6 Å². The Morgan fingerprint density at radius 3 is 2.47 bits per heavy atom. The number of aromatic nitrogens is 1. The number of thiazole rings is 1. The number of hydrogen-bond donors (Lipinski definition) is 3. The van der Waals surface area contributed by atoms with Gasteiger partial charge in [-0.05, 0) is 31.1 Å². The smallest absolute Gasteiger partial charge is 0.426 e. The molecule has 1 aromatic heterocycles. The highest BCUT2D eigenvalue weighted by atomic mass is 32.1. The fraction of sp³-hybridized carbons (Fsp3) is 0.750. The minimum absolute atomic E-state index is 0.0308. The predicted molar refractivity (Wildman–Crippen MR) is 115 cm³/mol. The monoisotopic (exact) mass is 475 g/mol. The Bertz CT molecular complexity index is 816. The Kier molecular flexibility index (Phi) is 7.87. The van der Waals surface area contributed by atoms with Crippen molar-refractivity contribution in [3.05, 3.63) is 11.1 Å². The fourth-order valence-electron chi connectivity index (χ4n) is 3.96. The van der Waals surface area contributed by atoms with Gasteiger partial charge in [-0.15, -0.1) is 11.3 Å². The van der Waals surface area contributed by atoms with Gasteiger partial charge in [-0.2, -0.15) is 13.2 Å². The summed E-state index contributed by atoms with van der Waals surface area (Å²) < 4.78 is 38.5. The van der Waals surface area contributed by atoms with Gasteiger partial charge in [0.1, 0.15) is 0 Å². The highest BCUT2D eigenvalue weighted by molar-refractivity contribution is 7.13. The summed E-state index contributed by atoms with van der Waals surface area (Å²) in [5.74, 6) is -1.52. The number of halogens is 3. The second-order valence-corrected chi connectivity index (χ2v) is 10.1. The lowest BCUT2D eigenvalue weighted by atomic mass is 9.74. The molecule has 3 N–H and O–H groups in total. The molecule has 1 saturated heterocycles. The van der Waals surface area contributed by atoms with E-state index in [0.29, 0.717) is 31.7 Å². The molecule has 3 atom stereocenters. The first-order valence-corrected chi connectivity index (χ1v) is 11.8. The molecule has 2 aliphatic rings. The molecule has 12 heteroatoms. The van der Waals surface area contributed by atoms with Gasteiger partial charge in [0, 0.05) is 24.3 Å². The molecule has 0 radical (unpaired) electrons. The zero-order valence-corrected chi connectivity index (χ0v) is 19.0. The zero-order valence-electron chi connectivity index (χ0n) is 18.1. The van der Waals surface area contributed by atoms with E-state index in [0.717, 1.165) is 29.6 Å². The molecular formula is C20H29BF3N3O4S. The van der Waals surface area contributed by atoms with E-state index in [1.807, 2.05) is 13.8 Å². The summed E-state index contributed by atoms with van der Waals surface area (Å²) in [6, 6.07) is -0.591. The zero-order chi connectivity index (χ0) is 23.6. The molecule has 2 fully saturated rings. The van der Waals surface area contributed by atoms with Gasteiger partial charge in [-0.1, -0.05) is 26.7 Å².